The molecule has 48 heavy (non-hydrogen) atoms. The van der Waals surface area contributed by atoms with Gasteiger partial charge in [0.15, 0.2) is 0 Å². The number of hydrogen-bond acceptors (Lipinski definition) is 6. The third-order valence-electron chi connectivity index (χ3n) is 9.83. The molecule has 254 valence electrons. The van der Waals surface area contributed by atoms with Crippen LogP contribution in [0.15, 0.2) is 76.0 Å². The Bertz CT molecular complexity index is 1710. The minimum atomic E-state index is -0.426. The molecular weight excluding hydrogens is 619 g/mol. The van der Waals surface area contributed by atoms with Gasteiger partial charge >= 0.3 is 0 Å². The molecule has 2 fully saturated rings. The van der Waals surface area contributed by atoms with E-state index >= 15 is 0 Å². The molecule has 3 aliphatic rings. The molecule has 0 bridgehead atoms. The van der Waals surface area contributed by atoms with Crippen molar-refractivity contribution in [1.82, 2.24) is 14.7 Å². The molecule has 2 aromatic heterocycles. The van der Waals surface area contributed by atoms with Gasteiger partial charge in [0.25, 0.3) is 5.91 Å². The van der Waals surface area contributed by atoms with E-state index in [0.717, 1.165) is 65.0 Å². The van der Waals surface area contributed by atoms with Crippen LogP contribution >= 0.6 is 11.3 Å². The van der Waals surface area contributed by atoms with Crippen LogP contribution in [-0.4, -0.2) is 59.6 Å². The number of benzene rings is 1. The maximum atomic E-state index is 14.4. The summed E-state index contributed by atoms with van der Waals surface area (Å²) < 4.78 is 20.0. The molecule has 8 heteroatoms. The first-order chi connectivity index (χ1) is 23.3. The van der Waals surface area contributed by atoms with Crippen LogP contribution < -0.4 is 4.74 Å². The summed E-state index contributed by atoms with van der Waals surface area (Å²) >= 11 is 1.71. The molecule has 0 N–H and O–H groups in total. The second-order valence-corrected chi connectivity index (χ2v) is 14.5. The van der Waals surface area contributed by atoms with Gasteiger partial charge in [-0.1, -0.05) is 18.1 Å². The molecule has 3 aromatic rings. The van der Waals surface area contributed by atoms with Crippen molar-refractivity contribution in [3.63, 3.8) is 0 Å². The molecule has 0 spiro atoms. The van der Waals surface area contributed by atoms with Crippen LogP contribution in [0.4, 0.5) is 0 Å². The summed E-state index contributed by atoms with van der Waals surface area (Å²) in [5, 5.41) is 8.98. The Kier molecular flexibility index (Phi) is 11.2. The number of hydrogen-bond donors (Lipinski definition) is 0. The van der Waals surface area contributed by atoms with Gasteiger partial charge in [0, 0.05) is 36.0 Å². The Balaban J connectivity index is 1.34. The summed E-state index contributed by atoms with van der Waals surface area (Å²) in [5.41, 5.74) is 12.5. The van der Waals surface area contributed by atoms with E-state index in [9.17, 15) is 4.79 Å². The summed E-state index contributed by atoms with van der Waals surface area (Å²) in [6.45, 7) is 9.39. The number of ether oxygens (including phenoxy) is 3. The summed E-state index contributed by atoms with van der Waals surface area (Å²) in [6, 6.07) is 6.41. The zero-order chi connectivity index (χ0) is 33.5. The molecule has 1 saturated carbocycles. The van der Waals surface area contributed by atoms with E-state index in [-0.39, 0.29) is 5.91 Å². The van der Waals surface area contributed by atoms with Crippen molar-refractivity contribution in [2.45, 2.75) is 90.8 Å². The lowest BCUT2D eigenvalue weighted by molar-refractivity contribution is -0.141. The van der Waals surface area contributed by atoms with Crippen molar-refractivity contribution in [2.24, 2.45) is 0 Å². The van der Waals surface area contributed by atoms with Gasteiger partial charge < -0.3 is 19.1 Å². The fraction of sp³-hybridized carbons (Fsp3) is 0.475. The van der Waals surface area contributed by atoms with Crippen molar-refractivity contribution in [2.75, 3.05) is 33.5 Å². The maximum Gasteiger partial charge on any atom is 0.262 e. The van der Waals surface area contributed by atoms with E-state index in [1.165, 1.54) is 37.7 Å². The number of carbonyl (C=O) groups is 1. The van der Waals surface area contributed by atoms with Crippen molar-refractivity contribution in [3.8, 4) is 16.9 Å². The first kappa shape index (κ1) is 34.2. The molecule has 0 atom stereocenters. The van der Waals surface area contributed by atoms with Gasteiger partial charge in [-0.05, 0) is 123 Å². The fourth-order valence-corrected chi connectivity index (χ4v) is 7.71. The van der Waals surface area contributed by atoms with Crippen molar-refractivity contribution in [1.29, 1.82) is 0 Å². The van der Waals surface area contributed by atoms with Gasteiger partial charge in [0.2, 0.25) is 0 Å². The Morgan fingerprint density at radius 3 is 2.75 bits per heavy atom. The van der Waals surface area contributed by atoms with E-state index in [2.05, 4.69) is 67.7 Å². The van der Waals surface area contributed by atoms with Gasteiger partial charge in [-0.3, -0.25) is 9.48 Å². The predicted octanol–water partition coefficient (Wildman–Crippen LogP) is 8.56. The van der Waals surface area contributed by atoms with E-state index in [1.54, 1.807) is 24.0 Å². The number of thiophene rings is 1. The highest BCUT2D eigenvalue weighted by atomic mass is 32.1. The second-order valence-electron chi connectivity index (χ2n) is 13.7. The van der Waals surface area contributed by atoms with Crippen LogP contribution in [0.25, 0.3) is 16.7 Å². The molecule has 6 rings (SSSR count). The number of methoxy groups -OCH3 is 1. The molecule has 0 unspecified atom stereocenters. The lowest BCUT2D eigenvalue weighted by atomic mass is 9.90. The Morgan fingerprint density at radius 1 is 1.12 bits per heavy atom. The Hall–Kier alpha value is -3.68. The van der Waals surface area contributed by atoms with E-state index < -0.39 is 5.54 Å². The number of allylic oxidation sites excluding steroid dienone is 3. The summed E-state index contributed by atoms with van der Waals surface area (Å²) in [7, 11) is 1.71. The van der Waals surface area contributed by atoms with Crippen LogP contribution in [0, 0.1) is 0 Å². The molecule has 4 heterocycles. The van der Waals surface area contributed by atoms with E-state index in [4.69, 9.17) is 19.3 Å². The highest BCUT2D eigenvalue weighted by Gasteiger charge is 2.37. The predicted molar refractivity (Wildman–Crippen MR) is 193 cm³/mol. The molecule has 1 amide bonds. The van der Waals surface area contributed by atoms with Crippen LogP contribution in [0.2, 0.25) is 0 Å². The molecular formula is C40H49N3O4S. The van der Waals surface area contributed by atoms with Crippen molar-refractivity contribution in [3.05, 3.63) is 92.6 Å². The van der Waals surface area contributed by atoms with Crippen LogP contribution in [0.3, 0.4) is 0 Å². The molecule has 2 aliphatic heterocycles. The topological polar surface area (TPSA) is 65.8 Å². The van der Waals surface area contributed by atoms with Gasteiger partial charge in [0.1, 0.15) is 5.75 Å². The number of amides is 1. The zero-order valence-electron chi connectivity index (χ0n) is 29.0. The Morgan fingerprint density at radius 2 is 1.98 bits per heavy atom. The molecule has 1 saturated heterocycles. The summed E-state index contributed by atoms with van der Waals surface area (Å²) in [5.74, 6) is 0.752. The molecule has 0 radical (unpaired) electrons. The average Bonchev–Trinajstić information content (AvgIpc) is 3.76. The molecule has 1 aliphatic carbocycles. The monoisotopic (exact) mass is 667 g/mol. The number of carbonyl (C=O) groups excluding carboxylic acids is 1. The second kappa shape index (κ2) is 15.7. The summed E-state index contributed by atoms with van der Waals surface area (Å²) in [6.07, 6.45) is 17.7. The van der Waals surface area contributed by atoms with Gasteiger partial charge in [-0.25, -0.2) is 0 Å². The van der Waals surface area contributed by atoms with Crippen LogP contribution in [0.1, 0.15) is 82.4 Å². The molecule has 7 nitrogen and oxygen atoms in total. The average molecular weight is 668 g/mol. The van der Waals surface area contributed by atoms with Gasteiger partial charge in [0.05, 0.1) is 50.8 Å². The highest BCUT2D eigenvalue weighted by Crippen LogP contribution is 2.39. The third-order valence-corrected chi connectivity index (χ3v) is 10.6. The van der Waals surface area contributed by atoms with Gasteiger partial charge in [-0.2, -0.15) is 16.4 Å². The number of fused-ring (bicyclic) bond motifs is 1. The minimum Gasteiger partial charge on any atom is -0.496 e. The smallest absolute Gasteiger partial charge is 0.262 e. The standard InChI is InChI=1S/C40H49N3O4S/c1-29-35-22-36(33-23-41-42(24-33)17-10-14-30-11-6-5-7-12-30)38(45-4)21-32(35)25-47-26-37(29)34(15-9-8-13-31-16-20-48-27-31)39(44)43-18-19-46-28-40(43,2)3/h9,14,16,20-24,27H,5-8,10-13,17-19,25-26,28H2,1-4H3. The van der Waals surface area contributed by atoms with Crippen LogP contribution in [0.5, 0.6) is 5.75 Å². The number of morpholine rings is 1. The first-order valence-electron chi connectivity index (χ1n) is 17.4. The lowest BCUT2D eigenvalue weighted by Crippen LogP contribution is -2.56. The molecule has 1 aromatic carbocycles. The lowest BCUT2D eigenvalue weighted by Gasteiger charge is -2.42. The SMILES string of the molecule is COc1cc2c(cc1-c1cnn(CCC=C3CCCCC3)c1)C(C)=C(C(=C=CCCc1ccsc1)C(=O)N1CCOCC1(C)C)COC2. The zero-order valence-corrected chi connectivity index (χ0v) is 29.8. The number of aromatic nitrogens is 2. The van der Waals surface area contributed by atoms with E-state index in [1.807, 2.05) is 21.9 Å². The van der Waals surface area contributed by atoms with E-state index in [0.29, 0.717) is 38.5 Å². The van der Waals surface area contributed by atoms with Crippen molar-refractivity contribution >= 4 is 22.8 Å². The van der Waals surface area contributed by atoms with Gasteiger partial charge in [-0.15, -0.1) is 5.73 Å². The van der Waals surface area contributed by atoms with Crippen LogP contribution in [-0.2, 0) is 33.8 Å². The number of rotatable bonds is 10. The van der Waals surface area contributed by atoms with Crippen molar-refractivity contribution < 1.29 is 19.0 Å². The normalized spacial score (nSPS) is 17.8. The Labute approximate surface area is 289 Å². The fourth-order valence-electron chi connectivity index (χ4n) is 7.01. The third kappa shape index (κ3) is 7.95. The number of aryl methyl sites for hydroxylation is 2. The maximum absolute atomic E-state index is 14.4. The summed E-state index contributed by atoms with van der Waals surface area (Å²) in [4.78, 5) is 16.4. The quantitative estimate of drug-likeness (QED) is 0.123. The largest absolute Gasteiger partial charge is 0.496 e. The number of nitrogens with zero attached hydrogens (tertiary/aromatic N) is 3. The minimum absolute atomic E-state index is 0.0327. The highest BCUT2D eigenvalue weighted by molar-refractivity contribution is 7.07. The first-order valence-corrected chi connectivity index (χ1v) is 18.3.